The molecule has 34 heavy (non-hydrogen) atoms. The number of hydrogen-bond donors (Lipinski definition) is 1. The molecular formula is C26H30N2O6. The minimum absolute atomic E-state index is 0.176. The maximum absolute atomic E-state index is 13.0. The number of carboxylic acids is 1. The first-order valence-corrected chi connectivity index (χ1v) is 11.4. The van der Waals surface area contributed by atoms with Crippen molar-refractivity contribution in [3.8, 4) is 11.1 Å². The molecule has 1 heterocycles. The molecule has 1 aliphatic heterocycles. The summed E-state index contributed by atoms with van der Waals surface area (Å²) < 4.78 is 10.6. The van der Waals surface area contributed by atoms with E-state index in [1.165, 1.54) is 12.0 Å². The fraction of sp³-hybridized carbons (Fsp3) is 0.423. The van der Waals surface area contributed by atoms with E-state index in [1.54, 1.807) is 25.7 Å². The normalized spacial score (nSPS) is 19.4. The Morgan fingerprint density at radius 1 is 1.03 bits per heavy atom. The lowest BCUT2D eigenvalue weighted by Gasteiger charge is -2.31. The van der Waals surface area contributed by atoms with E-state index in [0.717, 1.165) is 22.3 Å². The summed E-state index contributed by atoms with van der Waals surface area (Å²) >= 11 is 0. The van der Waals surface area contributed by atoms with E-state index in [2.05, 4.69) is 0 Å². The van der Waals surface area contributed by atoms with Crippen LogP contribution < -0.4 is 0 Å². The van der Waals surface area contributed by atoms with Crippen molar-refractivity contribution in [1.29, 1.82) is 0 Å². The number of carboxylic acid groups (broad SMARTS) is 1. The van der Waals surface area contributed by atoms with E-state index >= 15 is 0 Å². The van der Waals surface area contributed by atoms with Crippen molar-refractivity contribution in [2.75, 3.05) is 20.2 Å². The van der Waals surface area contributed by atoms with Gasteiger partial charge in [-0.25, -0.2) is 14.4 Å². The number of rotatable bonds is 4. The lowest BCUT2D eigenvalue weighted by Crippen LogP contribution is -2.43. The standard InChI is InChI=1S/C26H30N2O6/c1-26(2,3)34-25(32)27-14-16(13-21(27)23(29)30)15-28(24(31)33-4)22-19-11-7-5-9-17(19)18-10-6-8-12-20(18)22/h5-12,16,21-22H,13-15H2,1-4H3,(H,29,30). The molecule has 2 aliphatic rings. The second kappa shape index (κ2) is 9.00. The second-order valence-corrected chi connectivity index (χ2v) is 9.79. The van der Waals surface area contributed by atoms with Crippen LogP contribution in [0.1, 0.15) is 44.4 Å². The van der Waals surface area contributed by atoms with E-state index in [-0.39, 0.29) is 31.5 Å². The molecule has 2 unspecified atom stereocenters. The third-order valence-electron chi connectivity index (χ3n) is 6.28. The van der Waals surface area contributed by atoms with Crippen molar-refractivity contribution in [1.82, 2.24) is 9.80 Å². The zero-order chi connectivity index (χ0) is 24.6. The molecule has 0 aromatic heterocycles. The Morgan fingerprint density at radius 2 is 1.59 bits per heavy atom. The molecule has 180 valence electrons. The van der Waals surface area contributed by atoms with E-state index in [1.807, 2.05) is 48.5 Å². The highest BCUT2D eigenvalue weighted by molar-refractivity contribution is 5.82. The average Bonchev–Trinajstić information content (AvgIpc) is 3.36. The van der Waals surface area contributed by atoms with Gasteiger partial charge in [-0.1, -0.05) is 48.5 Å². The number of hydrogen-bond acceptors (Lipinski definition) is 5. The van der Waals surface area contributed by atoms with Gasteiger partial charge in [-0.05, 0) is 55.4 Å². The first-order valence-electron chi connectivity index (χ1n) is 11.4. The zero-order valence-electron chi connectivity index (χ0n) is 19.9. The van der Waals surface area contributed by atoms with Crippen LogP contribution in [0.25, 0.3) is 11.1 Å². The molecule has 1 saturated heterocycles. The summed E-state index contributed by atoms with van der Waals surface area (Å²) in [6, 6.07) is 14.5. The fourth-order valence-corrected chi connectivity index (χ4v) is 4.96. The van der Waals surface area contributed by atoms with Crippen molar-refractivity contribution < 1.29 is 29.0 Å². The number of amides is 2. The number of methoxy groups -OCH3 is 1. The van der Waals surface area contributed by atoms with Gasteiger partial charge in [0.25, 0.3) is 0 Å². The minimum Gasteiger partial charge on any atom is -0.480 e. The smallest absolute Gasteiger partial charge is 0.411 e. The number of aliphatic carboxylic acids is 1. The SMILES string of the molecule is COC(=O)N(CC1CC(C(=O)O)N(C(=O)OC(C)(C)C)C1)C1c2ccccc2-c2ccccc21. The molecule has 0 bridgehead atoms. The molecule has 0 radical (unpaired) electrons. The Labute approximate surface area is 199 Å². The number of ether oxygens (including phenoxy) is 2. The molecule has 8 nitrogen and oxygen atoms in total. The number of nitrogens with zero attached hydrogens (tertiary/aromatic N) is 2. The Morgan fingerprint density at radius 3 is 2.09 bits per heavy atom. The summed E-state index contributed by atoms with van der Waals surface area (Å²) in [5, 5.41) is 9.76. The molecule has 2 aromatic carbocycles. The number of carbonyl (C=O) groups excluding carboxylic acids is 2. The van der Waals surface area contributed by atoms with Crippen LogP contribution in [0.5, 0.6) is 0 Å². The van der Waals surface area contributed by atoms with Gasteiger partial charge in [-0.15, -0.1) is 0 Å². The molecule has 1 aliphatic carbocycles. The van der Waals surface area contributed by atoms with Gasteiger partial charge in [0.1, 0.15) is 11.6 Å². The van der Waals surface area contributed by atoms with Gasteiger partial charge in [-0.3, -0.25) is 9.80 Å². The van der Waals surface area contributed by atoms with Crippen LogP contribution >= 0.6 is 0 Å². The summed E-state index contributed by atoms with van der Waals surface area (Å²) in [4.78, 5) is 40.6. The summed E-state index contributed by atoms with van der Waals surface area (Å²) in [7, 11) is 1.34. The molecule has 2 amide bonds. The third kappa shape index (κ3) is 4.44. The number of fused-ring (bicyclic) bond motifs is 3. The Bertz CT molecular complexity index is 1060. The molecular weight excluding hydrogens is 436 g/mol. The van der Waals surface area contributed by atoms with Crippen molar-refractivity contribution in [2.24, 2.45) is 5.92 Å². The van der Waals surface area contributed by atoms with Gasteiger partial charge in [0.2, 0.25) is 0 Å². The zero-order valence-corrected chi connectivity index (χ0v) is 19.9. The third-order valence-corrected chi connectivity index (χ3v) is 6.28. The van der Waals surface area contributed by atoms with Crippen molar-refractivity contribution in [2.45, 2.75) is 44.9 Å². The van der Waals surface area contributed by atoms with Gasteiger partial charge in [0.15, 0.2) is 0 Å². The van der Waals surface area contributed by atoms with Gasteiger partial charge < -0.3 is 14.6 Å². The second-order valence-electron chi connectivity index (χ2n) is 9.79. The molecule has 1 fully saturated rings. The molecule has 2 atom stereocenters. The van der Waals surface area contributed by atoms with Crippen LogP contribution in [0, 0.1) is 5.92 Å². The van der Waals surface area contributed by atoms with Crippen LogP contribution in [0.4, 0.5) is 9.59 Å². The van der Waals surface area contributed by atoms with Gasteiger partial charge in [-0.2, -0.15) is 0 Å². The highest BCUT2D eigenvalue weighted by atomic mass is 16.6. The first kappa shape index (κ1) is 23.6. The molecule has 8 heteroatoms. The monoisotopic (exact) mass is 466 g/mol. The maximum atomic E-state index is 13.0. The van der Waals surface area contributed by atoms with Gasteiger partial charge in [0, 0.05) is 13.1 Å². The average molecular weight is 467 g/mol. The number of likely N-dealkylation sites (tertiary alicyclic amines) is 1. The molecule has 0 saturated carbocycles. The van der Waals surface area contributed by atoms with Crippen molar-refractivity contribution in [3.05, 3.63) is 59.7 Å². The lowest BCUT2D eigenvalue weighted by atomic mass is 10.00. The van der Waals surface area contributed by atoms with Crippen LogP contribution in [0.3, 0.4) is 0 Å². The molecule has 0 spiro atoms. The summed E-state index contributed by atoms with van der Waals surface area (Å²) in [5.41, 5.74) is 3.36. The summed E-state index contributed by atoms with van der Waals surface area (Å²) in [5.74, 6) is -1.35. The minimum atomic E-state index is -1.09. The largest absolute Gasteiger partial charge is 0.480 e. The van der Waals surface area contributed by atoms with E-state index < -0.39 is 29.8 Å². The maximum Gasteiger partial charge on any atom is 0.411 e. The first-order chi connectivity index (χ1) is 16.1. The molecule has 1 N–H and O–H groups in total. The summed E-state index contributed by atoms with van der Waals surface area (Å²) in [6.07, 6.45) is -0.944. The predicted octanol–water partition coefficient (Wildman–Crippen LogP) is 4.54. The van der Waals surface area contributed by atoms with Crippen LogP contribution in [0.2, 0.25) is 0 Å². The Balaban J connectivity index is 1.64. The Kier molecular flexibility index (Phi) is 6.25. The van der Waals surface area contributed by atoms with E-state index in [4.69, 9.17) is 9.47 Å². The van der Waals surface area contributed by atoms with Crippen molar-refractivity contribution in [3.63, 3.8) is 0 Å². The molecule has 4 rings (SSSR count). The van der Waals surface area contributed by atoms with Crippen LogP contribution in [0.15, 0.2) is 48.5 Å². The number of carbonyl (C=O) groups is 3. The topological polar surface area (TPSA) is 96.4 Å². The van der Waals surface area contributed by atoms with Gasteiger partial charge >= 0.3 is 18.2 Å². The highest BCUT2D eigenvalue weighted by Gasteiger charge is 2.44. The highest BCUT2D eigenvalue weighted by Crippen LogP contribution is 2.47. The lowest BCUT2D eigenvalue weighted by molar-refractivity contribution is -0.142. The quantitative estimate of drug-likeness (QED) is 0.711. The van der Waals surface area contributed by atoms with Crippen LogP contribution in [-0.2, 0) is 14.3 Å². The fourth-order valence-electron chi connectivity index (χ4n) is 4.96. The van der Waals surface area contributed by atoms with E-state index in [9.17, 15) is 19.5 Å². The van der Waals surface area contributed by atoms with E-state index in [0.29, 0.717) is 0 Å². The summed E-state index contributed by atoms with van der Waals surface area (Å²) in [6.45, 7) is 5.63. The number of benzene rings is 2. The molecule has 2 aromatic rings. The van der Waals surface area contributed by atoms with Crippen LogP contribution in [-0.4, -0.2) is 64.9 Å². The predicted molar refractivity (Wildman–Crippen MR) is 125 cm³/mol. The Hall–Kier alpha value is -3.55. The van der Waals surface area contributed by atoms with Crippen molar-refractivity contribution >= 4 is 18.2 Å². The van der Waals surface area contributed by atoms with Gasteiger partial charge in [0.05, 0.1) is 13.2 Å².